The molecule has 13 nitrogen and oxygen atoms in total. The van der Waals surface area contributed by atoms with Crippen LogP contribution in [0.3, 0.4) is 0 Å². The third kappa shape index (κ3) is 12.0. The van der Waals surface area contributed by atoms with Gasteiger partial charge in [-0.3, -0.25) is 19.2 Å². The Balaban J connectivity index is 3.03. The molecule has 0 saturated carbocycles. The number of hydrogen-bond acceptors (Lipinski definition) is 8. The number of aromatic hydroxyl groups is 1. The van der Waals surface area contributed by atoms with E-state index < -0.39 is 60.2 Å². The van der Waals surface area contributed by atoms with Crippen molar-refractivity contribution in [2.24, 2.45) is 23.1 Å². The number of unbranched alkanes of at least 4 members (excludes halogenated alkanes) is 1. The summed E-state index contributed by atoms with van der Waals surface area (Å²) in [5.41, 5.74) is 17.2. The topological polar surface area (TPSA) is 240 Å². The fourth-order valence-corrected chi connectivity index (χ4v) is 3.68. The van der Waals surface area contributed by atoms with E-state index in [2.05, 4.69) is 16.0 Å². The van der Waals surface area contributed by atoms with Crippen molar-refractivity contribution >= 4 is 29.6 Å². The van der Waals surface area contributed by atoms with Crippen LogP contribution < -0.4 is 33.2 Å². The minimum Gasteiger partial charge on any atom is -0.508 e. The van der Waals surface area contributed by atoms with Gasteiger partial charge in [-0.2, -0.15) is 0 Å². The van der Waals surface area contributed by atoms with Crippen LogP contribution in [0, 0.1) is 5.92 Å². The molecule has 11 N–H and O–H groups in total. The summed E-state index contributed by atoms with van der Waals surface area (Å²) in [5.74, 6) is -4.28. The number of carbonyl (C=O) groups excluding carboxylic acids is 4. The molecule has 0 aliphatic heterocycles. The molecule has 0 aliphatic carbocycles. The van der Waals surface area contributed by atoms with E-state index in [-0.39, 0.29) is 24.5 Å². The van der Waals surface area contributed by atoms with Gasteiger partial charge in [0.2, 0.25) is 23.6 Å². The van der Waals surface area contributed by atoms with Crippen molar-refractivity contribution in [1.29, 1.82) is 0 Å². The van der Waals surface area contributed by atoms with E-state index in [9.17, 15) is 34.2 Å². The lowest BCUT2D eigenvalue weighted by Gasteiger charge is -2.25. The molecule has 38 heavy (non-hydrogen) atoms. The Hall–Kier alpha value is -3.71. The first-order valence-electron chi connectivity index (χ1n) is 12.5. The van der Waals surface area contributed by atoms with Gasteiger partial charge in [0.15, 0.2) is 0 Å². The predicted molar refractivity (Wildman–Crippen MR) is 139 cm³/mol. The average molecular weight is 537 g/mol. The van der Waals surface area contributed by atoms with E-state index in [4.69, 9.17) is 17.2 Å². The number of hydrogen-bond donors (Lipinski definition) is 8. The number of amides is 4. The molecule has 4 atom stereocenters. The van der Waals surface area contributed by atoms with Gasteiger partial charge in [-0.15, -0.1) is 0 Å². The number of phenolic OH excluding ortho intramolecular Hbond substituents is 1. The minimum absolute atomic E-state index is 0.00936. The van der Waals surface area contributed by atoms with Crippen LogP contribution in [0.1, 0.15) is 51.5 Å². The zero-order valence-electron chi connectivity index (χ0n) is 21.8. The highest BCUT2D eigenvalue weighted by molar-refractivity contribution is 5.96. The number of phenols is 1. The minimum atomic E-state index is -1.38. The molecule has 1 rings (SSSR count). The summed E-state index contributed by atoms with van der Waals surface area (Å²) in [4.78, 5) is 62.0. The molecule has 4 amide bonds. The molecular weight excluding hydrogens is 496 g/mol. The molecule has 0 radical (unpaired) electrons. The van der Waals surface area contributed by atoms with E-state index in [1.165, 1.54) is 24.3 Å². The molecule has 0 saturated heterocycles. The number of primary amides is 1. The number of aliphatic carboxylic acids is 1. The van der Waals surface area contributed by atoms with Crippen molar-refractivity contribution in [3.8, 4) is 5.75 Å². The molecule has 4 unspecified atom stereocenters. The van der Waals surface area contributed by atoms with Gasteiger partial charge in [0, 0.05) is 6.42 Å². The molecule has 0 spiro atoms. The van der Waals surface area contributed by atoms with Crippen molar-refractivity contribution in [2.45, 2.75) is 76.5 Å². The molecule has 212 valence electrons. The number of nitrogens with one attached hydrogen (secondary N) is 3. The number of benzene rings is 1. The Morgan fingerprint density at radius 1 is 0.868 bits per heavy atom. The Labute approximate surface area is 221 Å². The molecule has 0 bridgehead atoms. The maximum absolute atomic E-state index is 13.1. The summed E-state index contributed by atoms with van der Waals surface area (Å²) in [6, 6.07) is 1.05. The second-order valence-electron chi connectivity index (χ2n) is 9.58. The van der Waals surface area contributed by atoms with Gasteiger partial charge in [0.05, 0.1) is 12.5 Å². The van der Waals surface area contributed by atoms with Crippen LogP contribution in [-0.2, 0) is 30.4 Å². The lowest BCUT2D eigenvalue weighted by atomic mass is 10.0. The number of nitrogens with two attached hydrogens (primary N) is 3. The summed E-state index contributed by atoms with van der Waals surface area (Å²) in [6.07, 6.45) is 0.862. The van der Waals surface area contributed by atoms with Gasteiger partial charge in [0.1, 0.15) is 23.9 Å². The molecule has 1 aromatic rings. The standard InChI is InChI=1S/C25H40N6O7/c1-14(2)11-17(27)22(34)30-19(13-21(28)33)24(36)29-18(5-3-4-10-26)23(35)31-20(25(37)38)12-15-6-8-16(32)9-7-15/h6-9,14,17-20,32H,3-5,10-13,26-27H2,1-2H3,(H2,28,33)(H,29,36)(H,30,34)(H,31,35)(H,37,38). The number of carboxylic acids is 1. The lowest BCUT2D eigenvalue weighted by Crippen LogP contribution is -2.58. The third-order valence-electron chi connectivity index (χ3n) is 5.67. The van der Waals surface area contributed by atoms with Gasteiger partial charge >= 0.3 is 5.97 Å². The highest BCUT2D eigenvalue weighted by atomic mass is 16.4. The SMILES string of the molecule is CC(C)CC(N)C(=O)NC(CC(N)=O)C(=O)NC(CCCCN)C(=O)NC(Cc1ccc(O)cc1)C(=O)O. The summed E-state index contributed by atoms with van der Waals surface area (Å²) in [6.45, 7) is 4.09. The van der Waals surface area contributed by atoms with Crippen LogP contribution in [0.5, 0.6) is 5.75 Å². The molecule has 0 aromatic heterocycles. The van der Waals surface area contributed by atoms with Crippen LogP contribution in [0.25, 0.3) is 0 Å². The van der Waals surface area contributed by atoms with Crippen LogP contribution in [0.15, 0.2) is 24.3 Å². The van der Waals surface area contributed by atoms with Gasteiger partial charge in [-0.05, 0) is 55.8 Å². The second kappa shape index (κ2) is 16.2. The fraction of sp³-hybridized carbons (Fsp3) is 0.560. The van der Waals surface area contributed by atoms with Gasteiger partial charge in [-0.25, -0.2) is 4.79 Å². The Morgan fingerprint density at radius 2 is 1.42 bits per heavy atom. The maximum Gasteiger partial charge on any atom is 0.326 e. The second-order valence-corrected chi connectivity index (χ2v) is 9.58. The Bertz CT molecular complexity index is 954. The normalized spacial score (nSPS) is 14.1. The zero-order chi connectivity index (χ0) is 28.8. The van der Waals surface area contributed by atoms with Crippen LogP contribution in [0.4, 0.5) is 0 Å². The summed E-state index contributed by atoms with van der Waals surface area (Å²) in [5, 5.41) is 26.4. The van der Waals surface area contributed by atoms with Crippen molar-refractivity contribution in [3.05, 3.63) is 29.8 Å². The first-order chi connectivity index (χ1) is 17.8. The van der Waals surface area contributed by atoms with E-state index in [1.807, 2.05) is 13.8 Å². The molecule has 13 heteroatoms. The fourth-order valence-electron chi connectivity index (χ4n) is 3.68. The predicted octanol–water partition coefficient (Wildman–Crippen LogP) is -1.15. The molecule has 0 heterocycles. The van der Waals surface area contributed by atoms with Crippen LogP contribution in [-0.4, -0.2) is 70.5 Å². The first-order valence-corrected chi connectivity index (χ1v) is 12.5. The van der Waals surface area contributed by atoms with E-state index in [0.29, 0.717) is 31.4 Å². The Kier molecular flexibility index (Phi) is 13.8. The van der Waals surface area contributed by atoms with Gasteiger partial charge in [0.25, 0.3) is 0 Å². The summed E-state index contributed by atoms with van der Waals surface area (Å²) >= 11 is 0. The number of rotatable bonds is 17. The van der Waals surface area contributed by atoms with Gasteiger partial charge < -0.3 is 43.4 Å². The van der Waals surface area contributed by atoms with Crippen LogP contribution in [0.2, 0.25) is 0 Å². The third-order valence-corrected chi connectivity index (χ3v) is 5.67. The summed E-state index contributed by atoms with van der Waals surface area (Å²) in [7, 11) is 0. The molecule has 1 aromatic carbocycles. The highest BCUT2D eigenvalue weighted by Crippen LogP contribution is 2.12. The van der Waals surface area contributed by atoms with Crippen molar-refractivity contribution in [1.82, 2.24) is 16.0 Å². The molecular formula is C25H40N6O7. The van der Waals surface area contributed by atoms with Crippen molar-refractivity contribution in [2.75, 3.05) is 6.54 Å². The van der Waals surface area contributed by atoms with E-state index in [1.54, 1.807) is 0 Å². The molecule has 0 aliphatic rings. The Morgan fingerprint density at radius 3 is 1.95 bits per heavy atom. The van der Waals surface area contributed by atoms with E-state index in [0.717, 1.165) is 0 Å². The number of carboxylic acid groups (broad SMARTS) is 1. The average Bonchev–Trinajstić information content (AvgIpc) is 2.82. The maximum atomic E-state index is 13.1. The zero-order valence-corrected chi connectivity index (χ0v) is 21.8. The first kappa shape index (κ1) is 32.3. The largest absolute Gasteiger partial charge is 0.508 e. The monoisotopic (exact) mass is 536 g/mol. The lowest BCUT2D eigenvalue weighted by molar-refractivity contribution is -0.142. The highest BCUT2D eigenvalue weighted by Gasteiger charge is 2.31. The molecule has 0 fully saturated rings. The van der Waals surface area contributed by atoms with Gasteiger partial charge in [-0.1, -0.05) is 26.0 Å². The summed E-state index contributed by atoms with van der Waals surface area (Å²) < 4.78 is 0. The smallest absolute Gasteiger partial charge is 0.326 e. The van der Waals surface area contributed by atoms with E-state index >= 15 is 0 Å². The van der Waals surface area contributed by atoms with Crippen LogP contribution >= 0.6 is 0 Å². The number of carbonyl (C=O) groups is 5. The van der Waals surface area contributed by atoms with Crippen molar-refractivity contribution in [3.63, 3.8) is 0 Å². The van der Waals surface area contributed by atoms with Crippen molar-refractivity contribution < 1.29 is 34.2 Å². The quantitative estimate of drug-likeness (QED) is 0.112.